The Labute approximate surface area is 203 Å². The van der Waals surface area contributed by atoms with E-state index in [2.05, 4.69) is 10.2 Å². The van der Waals surface area contributed by atoms with Crippen LogP contribution in [0.2, 0.25) is 5.02 Å². The number of nitrogens with one attached hydrogen (secondary N) is 1. The third-order valence-electron chi connectivity index (χ3n) is 6.32. The largest absolute Gasteiger partial charge is 0.369 e. The number of anilines is 1. The molecule has 7 heteroatoms. The van der Waals surface area contributed by atoms with Crippen LogP contribution >= 0.6 is 11.6 Å². The molecule has 34 heavy (non-hydrogen) atoms. The Morgan fingerprint density at radius 1 is 1.15 bits per heavy atom. The van der Waals surface area contributed by atoms with E-state index in [-0.39, 0.29) is 11.7 Å². The maximum Gasteiger partial charge on any atom is 0.249 e. The van der Waals surface area contributed by atoms with Gasteiger partial charge in [-0.05, 0) is 78.4 Å². The Kier molecular flexibility index (Phi) is 7.17. The lowest BCUT2D eigenvalue weighted by Crippen LogP contribution is -2.38. The number of halogens is 2. The van der Waals surface area contributed by atoms with Crippen LogP contribution in [0, 0.1) is 12.7 Å². The second kappa shape index (κ2) is 10.3. The Bertz CT molecular complexity index is 1210. The van der Waals surface area contributed by atoms with Crippen LogP contribution in [0.15, 0.2) is 60.7 Å². The van der Waals surface area contributed by atoms with E-state index in [4.69, 9.17) is 17.3 Å². The van der Waals surface area contributed by atoms with Gasteiger partial charge >= 0.3 is 0 Å². The summed E-state index contributed by atoms with van der Waals surface area (Å²) in [5.41, 5.74) is 10.4. The van der Waals surface area contributed by atoms with Crippen molar-refractivity contribution < 1.29 is 14.0 Å². The maximum absolute atomic E-state index is 13.5. The first-order valence-electron chi connectivity index (χ1n) is 11.3. The summed E-state index contributed by atoms with van der Waals surface area (Å²) in [4.78, 5) is 27.8. The molecule has 0 spiro atoms. The predicted octanol–water partition coefficient (Wildman–Crippen LogP) is 4.39. The number of amides is 2. The Morgan fingerprint density at radius 3 is 2.65 bits per heavy atom. The van der Waals surface area contributed by atoms with E-state index in [9.17, 15) is 14.0 Å². The molecule has 1 atom stereocenters. The van der Waals surface area contributed by atoms with Gasteiger partial charge in [0, 0.05) is 35.9 Å². The standard InChI is InChI=1S/C27H27ClFN3O2/c1-17-3-2-4-22(26(30)33)25(17)23(15-18-5-7-20(28)8-6-18)27(34)31-12-14-32-13-11-19-16-21(29)9-10-24(19)32/h2-10,16,23H,11-15H2,1H3,(H2,30,33)(H,31,34)/t23-/m0/s1. The fraction of sp³-hybridized carbons (Fsp3) is 0.259. The van der Waals surface area contributed by atoms with E-state index in [0.29, 0.717) is 35.7 Å². The SMILES string of the molecule is Cc1cccc(C(N)=O)c1[C@H](Cc1ccc(Cl)cc1)C(=O)NCCN1CCc2cc(F)ccc21. The first-order chi connectivity index (χ1) is 16.3. The molecule has 0 aromatic heterocycles. The molecule has 3 aromatic carbocycles. The summed E-state index contributed by atoms with van der Waals surface area (Å²) in [6.45, 7) is 3.69. The smallest absolute Gasteiger partial charge is 0.249 e. The third kappa shape index (κ3) is 5.23. The van der Waals surface area contributed by atoms with Crippen molar-refractivity contribution in [2.45, 2.75) is 25.7 Å². The van der Waals surface area contributed by atoms with Gasteiger partial charge in [-0.1, -0.05) is 35.9 Å². The van der Waals surface area contributed by atoms with Crippen LogP contribution in [0.4, 0.5) is 10.1 Å². The van der Waals surface area contributed by atoms with Gasteiger partial charge in [-0.3, -0.25) is 9.59 Å². The van der Waals surface area contributed by atoms with Gasteiger partial charge in [0.2, 0.25) is 11.8 Å². The zero-order valence-electron chi connectivity index (χ0n) is 19.0. The van der Waals surface area contributed by atoms with E-state index in [0.717, 1.165) is 35.3 Å². The highest BCUT2D eigenvalue weighted by Gasteiger charge is 2.27. The molecule has 0 saturated carbocycles. The number of benzene rings is 3. The van der Waals surface area contributed by atoms with E-state index >= 15 is 0 Å². The van der Waals surface area contributed by atoms with Crippen LogP contribution in [0.5, 0.6) is 0 Å². The fourth-order valence-electron chi connectivity index (χ4n) is 4.65. The molecule has 0 aliphatic carbocycles. The van der Waals surface area contributed by atoms with Crippen LogP contribution in [0.1, 0.15) is 38.5 Å². The number of carbonyl (C=O) groups is 2. The summed E-state index contributed by atoms with van der Waals surface area (Å²) in [6.07, 6.45) is 1.19. The molecule has 0 radical (unpaired) electrons. The van der Waals surface area contributed by atoms with Gasteiger partial charge in [-0.25, -0.2) is 4.39 Å². The lowest BCUT2D eigenvalue weighted by molar-refractivity contribution is -0.122. The predicted molar refractivity (Wildman–Crippen MR) is 133 cm³/mol. The minimum atomic E-state index is -0.593. The molecular formula is C27H27ClFN3O2. The Hall–Kier alpha value is -3.38. The number of rotatable bonds is 8. The highest BCUT2D eigenvalue weighted by atomic mass is 35.5. The number of fused-ring (bicyclic) bond motifs is 1. The third-order valence-corrected chi connectivity index (χ3v) is 6.57. The maximum atomic E-state index is 13.5. The molecular weight excluding hydrogens is 453 g/mol. The molecule has 1 heterocycles. The zero-order chi connectivity index (χ0) is 24.2. The molecule has 0 fully saturated rings. The monoisotopic (exact) mass is 479 g/mol. The number of aryl methyl sites for hydroxylation is 1. The van der Waals surface area contributed by atoms with Gasteiger partial charge in [-0.15, -0.1) is 0 Å². The van der Waals surface area contributed by atoms with Gasteiger partial charge in [0.25, 0.3) is 0 Å². The van der Waals surface area contributed by atoms with Crippen molar-refractivity contribution in [3.63, 3.8) is 0 Å². The van der Waals surface area contributed by atoms with Crippen molar-refractivity contribution >= 4 is 29.1 Å². The van der Waals surface area contributed by atoms with Gasteiger partial charge < -0.3 is 16.0 Å². The van der Waals surface area contributed by atoms with Crippen LogP contribution in [-0.4, -0.2) is 31.4 Å². The zero-order valence-corrected chi connectivity index (χ0v) is 19.7. The molecule has 0 saturated heterocycles. The number of nitrogens with zero attached hydrogens (tertiary/aromatic N) is 1. The van der Waals surface area contributed by atoms with Gasteiger partial charge in [0.15, 0.2) is 0 Å². The molecule has 4 rings (SSSR count). The van der Waals surface area contributed by atoms with Gasteiger partial charge in [-0.2, -0.15) is 0 Å². The van der Waals surface area contributed by atoms with Crippen molar-refractivity contribution in [3.8, 4) is 0 Å². The molecule has 3 N–H and O–H groups in total. The highest BCUT2D eigenvalue weighted by molar-refractivity contribution is 6.30. The lowest BCUT2D eigenvalue weighted by Gasteiger charge is -2.23. The Morgan fingerprint density at radius 2 is 1.91 bits per heavy atom. The number of carbonyl (C=O) groups excluding carboxylic acids is 2. The normalized spacial score (nSPS) is 13.4. The van der Waals surface area contributed by atoms with Crippen LogP contribution in [0.25, 0.3) is 0 Å². The van der Waals surface area contributed by atoms with Crippen molar-refractivity contribution in [3.05, 3.63) is 99.3 Å². The average Bonchev–Trinajstić information content (AvgIpc) is 3.20. The lowest BCUT2D eigenvalue weighted by atomic mass is 9.85. The molecule has 5 nitrogen and oxygen atoms in total. The fourth-order valence-corrected chi connectivity index (χ4v) is 4.77. The van der Waals surface area contributed by atoms with Crippen molar-refractivity contribution in [1.29, 1.82) is 0 Å². The molecule has 2 amide bonds. The topological polar surface area (TPSA) is 75.4 Å². The van der Waals surface area contributed by atoms with E-state index < -0.39 is 11.8 Å². The van der Waals surface area contributed by atoms with E-state index in [1.165, 1.54) is 6.07 Å². The first-order valence-corrected chi connectivity index (χ1v) is 11.7. The summed E-state index contributed by atoms with van der Waals surface area (Å²) < 4.78 is 13.5. The quantitative estimate of drug-likeness (QED) is 0.503. The second-order valence-corrected chi connectivity index (χ2v) is 9.02. The summed E-state index contributed by atoms with van der Waals surface area (Å²) in [5.74, 6) is -1.56. The summed E-state index contributed by atoms with van der Waals surface area (Å²) in [5, 5.41) is 3.66. The average molecular weight is 480 g/mol. The highest BCUT2D eigenvalue weighted by Crippen LogP contribution is 2.30. The molecule has 1 aliphatic heterocycles. The molecule has 0 bridgehead atoms. The van der Waals surface area contributed by atoms with Crippen LogP contribution < -0.4 is 16.0 Å². The number of primary amides is 1. The minimum Gasteiger partial charge on any atom is -0.369 e. The van der Waals surface area contributed by atoms with Crippen LogP contribution in [0.3, 0.4) is 0 Å². The van der Waals surface area contributed by atoms with Crippen molar-refractivity contribution in [2.24, 2.45) is 5.73 Å². The van der Waals surface area contributed by atoms with Crippen LogP contribution in [-0.2, 0) is 17.6 Å². The molecule has 1 aliphatic rings. The minimum absolute atomic E-state index is 0.176. The second-order valence-electron chi connectivity index (χ2n) is 8.58. The molecule has 176 valence electrons. The molecule has 0 unspecified atom stereocenters. The number of nitrogens with two attached hydrogens (primary N) is 1. The van der Waals surface area contributed by atoms with E-state index in [1.54, 1.807) is 36.4 Å². The first kappa shape index (κ1) is 23.8. The van der Waals surface area contributed by atoms with Gasteiger partial charge in [0.05, 0.1) is 5.92 Å². The van der Waals surface area contributed by atoms with E-state index in [1.807, 2.05) is 25.1 Å². The van der Waals surface area contributed by atoms with Gasteiger partial charge in [0.1, 0.15) is 5.82 Å². The summed E-state index contributed by atoms with van der Waals surface area (Å²) in [6, 6.07) is 17.5. The Balaban J connectivity index is 1.53. The summed E-state index contributed by atoms with van der Waals surface area (Å²) >= 11 is 6.03. The number of hydrogen-bond donors (Lipinski definition) is 2. The van der Waals surface area contributed by atoms with Crippen molar-refractivity contribution in [2.75, 3.05) is 24.5 Å². The summed E-state index contributed by atoms with van der Waals surface area (Å²) in [7, 11) is 0. The van der Waals surface area contributed by atoms with Crippen molar-refractivity contribution in [1.82, 2.24) is 5.32 Å². The number of hydrogen-bond acceptors (Lipinski definition) is 3. The molecule has 3 aromatic rings.